The van der Waals surface area contributed by atoms with Gasteiger partial charge >= 0.3 is 12.0 Å². The van der Waals surface area contributed by atoms with Crippen molar-refractivity contribution in [2.45, 2.75) is 32.0 Å². The number of amides is 2. The summed E-state index contributed by atoms with van der Waals surface area (Å²) in [6, 6.07) is -0.181. The van der Waals surface area contributed by atoms with Gasteiger partial charge in [-0.25, -0.2) is 9.59 Å². The predicted molar refractivity (Wildman–Crippen MR) is 66.4 cm³/mol. The summed E-state index contributed by atoms with van der Waals surface area (Å²) in [5.74, 6) is -0.939. The van der Waals surface area contributed by atoms with Gasteiger partial charge in [-0.1, -0.05) is 6.08 Å². The number of carbonyl (C=O) groups is 2. The van der Waals surface area contributed by atoms with Crippen molar-refractivity contribution in [1.82, 2.24) is 10.2 Å². The molecule has 0 radical (unpaired) electrons. The molecule has 0 aromatic rings. The molecule has 102 valence electrons. The molecule has 1 rings (SSSR count). The van der Waals surface area contributed by atoms with Crippen LogP contribution in [0.15, 0.2) is 12.7 Å². The number of aliphatic carboxylic acids is 1. The molecule has 1 heterocycles. The lowest BCUT2D eigenvalue weighted by atomic mass is 10.2. The van der Waals surface area contributed by atoms with E-state index in [1.165, 1.54) is 0 Å². The summed E-state index contributed by atoms with van der Waals surface area (Å²) in [5.41, 5.74) is 0. The first-order valence-electron chi connectivity index (χ1n) is 6.10. The number of carboxylic acids is 1. The van der Waals surface area contributed by atoms with Gasteiger partial charge in [-0.3, -0.25) is 0 Å². The molecule has 0 aliphatic carbocycles. The first-order valence-corrected chi connectivity index (χ1v) is 6.10. The number of rotatable bonds is 6. The van der Waals surface area contributed by atoms with Gasteiger partial charge in [0.2, 0.25) is 0 Å². The zero-order chi connectivity index (χ0) is 13.5. The number of urea groups is 1. The maximum absolute atomic E-state index is 11.7. The van der Waals surface area contributed by atoms with Gasteiger partial charge < -0.3 is 20.1 Å². The number of likely N-dealkylation sites (N-methyl/N-ethyl adjacent to an activating group) is 1. The fourth-order valence-electron chi connectivity index (χ4n) is 1.86. The number of hydrogen-bond acceptors (Lipinski definition) is 3. The smallest absolute Gasteiger partial charge is 0.332 e. The molecular formula is C12H20N2O4. The van der Waals surface area contributed by atoms with Crippen LogP contribution in [0.4, 0.5) is 4.79 Å². The number of hydrogen-bond donors (Lipinski definition) is 2. The van der Waals surface area contributed by atoms with Crippen LogP contribution in [0.25, 0.3) is 0 Å². The average molecular weight is 256 g/mol. The van der Waals surface area contributed by atoms with E-state index >= 15 is 0 Å². The Morgan fingerprint density at radius 3 is 2.78 bits per heavy atom. The van der Waals surface area contributed by atoms with E-state index in [-0.39, 0.29) is 12.1 Å². The Balaban J connectivity index is 2.31. The molecule has 0 saturated carbocycles. The van der Waals surface area contributed by atoms with Crippen LogP contribution in [0, 0.1) is 0 Å². The number of ether oxygens (including phenoxy) is 1. The van der Waals surface area contributed by atoms with Crippen LogP contribution in [0.3, 0.4) is 0 Å². The molecule has 2 unspecified atom stereocenters. The van der Waals surface area contributed by atoms with Crippen LogP contribution in [0.2, 0.25) is 0 Å². The number of carboxylic acid groups (broad SMARTS) is 1. The Kier molecular flexibility index (Phi) is 5.64. The van der Waals surface area contributed by atoms with Gasteiger partial charge in [0.05, 0.1) is 6.10 Å². The molecular weight excluding hydrogens is 236 g/mol. The van der Waals surface area contributed by atoms with Gasteiger partial charge in [0.15, 0.2) is 6.10 Å². The van der Waals surface area contributed by atoms with Crippen LogP contribution < -0.4 is 5.32 Å². The lowest BCUT2D eigenvalue weighted by Crippen LogP contribution is -2.43. The highest BCUT2D eigenvalue weighted by molar-refractivity contribution is 5.74. The maximum atomic E-state index is 11.7. The third-order valence-corrected chi connectivity index (χ3v) is 2.88. The van der Waals surface area contributed by atoms with Crippen LogP contribution in [0.1, 0.15) is 19.8 Å². The molecule has 2 amide bonds. The van der Waals surface area contributed by atoms with E-state index in [9.17, 15) is 9.59 Å². The molecule has 1 aliphatic rings. The topological polar surface area (TPSA) is 78.9 Å². The van der Waals surface area contributed by atoms with E-state index in [2.05, 4.69) is 11.9 Å². The molecule has 18 heavy (non-hydrogen) atoms. The first-order chi connectivity index (χ1) is 8.58. The van der Waals surface area contributed by atoms with Crippen molar-refractivity contribution in [3.63, 3.8) is 0 Å². The van der Waals surface area contributed by atoms with E-state index in [1.54, 1.807) is 11.0 Å². The second-order valence-electron chi connectivity index (χ2n) is 4.18. The van der Waals surface area contributed by atoms with E-state index in [1.807, 2.05) is 6.92 Å². The molecule has 0 spiro atoms. The quantitative estimate of drug-likeness (QED) is 0.690. The standard InChI is InChI=1S/C12H20N2O4/c1-3-7-14(4-2)12(17)13-8-9-5-6-10(18-9)11(15)16/h3,9-10H,1,4-8H2,2H3,(H,13,17)(H,15,16). The highest BCUT2D eigenvalue weighted by atomic mass is 16.5. The summed E-state index contributed by atoms with van der Waals surface area (Å²) in [5, 5.41) is 11.5. The minimum atomic E-state index is -0.939. The summed E-state index contributed by atoms with van der Waals surface area (Å²) >= 11 is 0. The first kappa shape index (κ1) is 14.5. The monoisotopic (exact) mass is 256 g/mol. The van der Waals surface area contributed by atoms with Gasteiger partial charge in [0.1, 0.15) is 0 Å². The Bertz CT molecular complexity index is 319. The third kappa shape index (κ3) is 4.03. The molecule has 6 nitrogen and oxygen atoms in total. The molecule has 2 N–H and O–H groups in total. The minimum absolute atomic E-state index is 0.181. The minimum Gasteiger partial charge on any atom is -0.479 e. The van der Waals surface area contributed by atoms with Crippen molar-refractivity contribution in [3.8, 4) is 0 Å². The van der Waals surface area contributed by atoms with Crippen LogP contribution in [-0.4, -0.2) is 53.8 Å². The van der Waals surface area contributed by atoms with E-state index in [4.69, 9.17) is 9.84 Å². The molecule has 0 aromatic heterocycles. The SMILES string of the molecule is C=CCN(CC)C(=O)NCC1CCC(C(=O)O)O1. The van der Waals surface area contributed by atoms with Crippen molar-refractivity contribution in [2.24, 2.45) is 0 Å². The van der Waals surface area contributed by atoms with Crippen molar-refractivity contribution >= 4 is 12.0 Å². The lowest BCUT2D eigenvalue weighted by molar-refractivity contribution is -0.149. The number of nitrogens with zero attached hydrogens (tertiary/aromatic N) is 1. The molecule has 0 aromatic carbocycles. The summed E-state index contributed by atoms with van der Waals surface area (Å²) in [4.78, 5) is 24.0. The fraction of sp³-hybridized carbons (Fsp3) is 0.667. The van der Waals surface area contributed by atoms with Gasteiger partial charge in [0.25, 0.3) is 0 Å². The highest BCUT2D eigenvalue weighted by Crippen LogP contribution is 2.19. The summed E-state index contributed by atoms with van der Waals surface area (Å²) in [6.45, 7) is 6.90. The van der Waals surface area contributed by atoms with E-state index in [0.717, 1.165) is 0 Å². The van der Waals surface area contributed by atoms with Gasteiger partial charge in [-0.2, -0.15) is 0 Å². The van der Waals surface area contributed by atoms with Crippen molar-refractivity contribution in [3.05, 3.63) is 12.7 Å². The average Bonchev–Trinajstić information content (AvgIpc) is 2.82. The molecule has 1 fully saturated rings. The molecule has 1 aliphatic heterocycles. The third-order valence-electron chi connectivity index (χ3n) is 2.88. The second kappa shape index (κ2) is 7.00. The van der Waals surface area contributed by atoms with E-state index in [0.29, 0.717) is 32.5 Å². The van der Waals surface area contributed by atoms with Crippen molar-refractivity contribution < 1.29 is 19.4 Å². The Hall–Kier alpha value is -1.56. The Morgan fingerprint density at radius 2 is 2.28 bits per heavy atom. The lowest BCUT2D eigenvalue weighted by Gasteiger charge is -2.21. The maximum Gasteiger partial charge on any atom is 0.332 e. The molecule has 6 heteroatoms. The fourth-order valence-corrected chi connectivity index (χ4v) is 1.86. The Morgan fingerprint density at radius 1 is 1.56 bits per heavy atom. The van der Waals surface area contributed by atoms with Gasteiger partial charge in [-0.05, 0) is 19.8 Å². The summed E-state index contributed by atoms with van der Waals surface area (Å²) in [6.07, 6.45) is 1.88. The van der Waals surface area contributed by atoms with Gasteiger partial charge in [-0.15, -0.1) is 6.58 Å². The Labute approximate surface area is 107 Å². The summed E-state index contributed by atoms with van der Waals surface area (Å²) in [7, 11) is 0. The molecule has 1 saturated heterocycles. The van der Waals surface area contributed by atoms with Gasteiger partial charge in [0, 0.05) is 19.6 Å². The van der Waals surface area contributed by atoms with E-state index < -0.39 is 12.1 Å². The van der Waals surface area contributed by atoms with Crippen LogP contribution in [-0.2, 0) is 9.53 Å². The molecule has 2 atom stereocenters. The predicted octanol–water partition coefficient (Wildman–Crippen LogP) is 0.836. The number of carbonyl (C=O) groups excluding carboxylic acids is 1. The summed E-state index contributed by atoms with van der Waals surface area (Å²) < 4.78 is 5.29. The number of nitrogens with one attached hydrogen (secondary N) is 1. The van der Waals surface area contributed by atoms with Crippen molar-refractivity contribution in [2.75, 3.05) is 19.6 Å². The highest BCUT2D eigenvalue weighted by Gasteiger charge is 2.30. The second-order valence-corrected chi connectivity index (χ2v) is 4.18. The zero-order valence-electron chi connectivity index (χ0n) is 10.6. The van der Waals surface area contributed by atoms with Crippen LogP contribution in [0.5, 0.6) is 0 Å². The van der Waals surface area contributed by atoms with Crippen molar-refractivity contribution in [1.29, 1.82) is 0 Å². The van der Waals surface area contributed by atoms with Crippen LogP contribution >= 0.6 is 0 Å². The zero-order valence-corrected chi connectivity index (χ0v) is 10.6. The molecule has 0 bridgehead atoms. The normalized spacial score (nSPS) is 22.5. The largest absolute Gasteiger partial charge is 0.479 e.